The van der Waals surface area contributed by atoms with E-state index in [2.05, 4.69) is 0 Å². The zero-order valence-electron chi connectivity index (χ0n) is 12.0. The van der Waals surface area contributed by atoms with E-state index in [0.717, 1.165) is 32.1 Å². The van der Waals surface area contributed by atoms with Crippen molar-refractivity contribution in [2.24, 2.45) is 5.73 Å². The third-order valence-electron chi connectivity index (χ3n) is 4.05. The van der Waals surface area contributed by atoms with Gasteiger partial charge in [0.2, 0.25) is 10.0 Å². The highest BCUT2D eigenvalue weighted by molar-refractivity contribution is 7.89. The maximum Gasteiger partial charge on any atom is 0.217 e. The van der Waals surface area contributed by atoms with E-state index < -0.39 is 15.6 Å². The van der Waals surface area contributed by atoms with Crippen molar-refractivity contribution in [2.45, 2.75) is 62.9 Å². The highest BCUT2D eigenvalue weighted by Crippen LogP contribution is 2.30. The number of ether oxygens (including phenoxy) is 1. The maximum absolute atomic E-state index is 12.7. The highest BCUT2D eigenvalue weighted by Gasteiger charge is 2.41. The quantitative estimate of drug-likeness (QED) is 0.844. The molecule has 1 saturated carbocycles. The molecular weight excluding hydrogens is 264 g/mol. The van der Waals surface area contributed by atoms with Crippen LogP contribution < -0.4 is 5.73 Å². The molecule has 0 amide bonds. The predicted octanol–water partition coefficient (Wildman–Crippen LogP) is 1.09. The Labute approximate surface area is 116 Å². The second-order valence-corrected chi connectivity index (χ2v) is 8.55. The van der Waals surface area contributed by atoms with E-state index in [0.29, 0.717) is 19.6 Å². The fourth-order valence-corrected chi connectivity index (χ4v) is 5.35. The monoisotopic (exact) mass is 290 g/mol. The van der Waals surface area contributed by atoms with Gasteiger partial charge in [-0.3, -0.25) is 0 Å². The van der Waals surface area contributed by atoms with Gasteiger partial charge in [0.15, 0.2) is 0 Å². The van der Waals surface area contributed by atoms with Crippen LogP contribution in [0.4, 0.5) is 0 Å². The number of morpholine rings is 1. The van der Waals surface area contributed by atoms with Crippen LogP contribution in [0.15, 0.2) is 0 Å². The van der Waals surface area contributed by atoms with Crippen molar-refractivity contribution in [2.75, 3.05) is 19.6 Å². The fraction of sp³-hybridized carbons (Fsp3) is 1.00. The van der Waals surface area contributed by atoms with Crippen LogP contribution in [0.5, 0.6) is 0 Å². The summed E-state index contributed by atoms with van der Waals surface area (Å²) in [7, 11) is -3.20. The molecule has 0 aromatic carbocycles. The molecule has 1 aliphatic carbocycles. The van der Waals surface area contributed by atoms with Crippen molar-refractivity contribution in [3.05, 3.63) is 0 Å². The molecule has 112 valence electrons. The van der Waals surface area contributed by atoms with E-state index in [1.165, 1.54) is 0 Å². The largest absolute Gasteiger partial charge is 0.368 e. The molecule has 2 N–H and O–H groups in total. The average molecular weight is 290 g/mol. The third kappa shape index (κ3) is 3.48. The molecule has 1 heterocycles. The van der Waals surface area contributed by atoms with E-state index in [-0.39, 0.29) is 11.4 Å². The van der Waals surface area contributed by atoms with Crippen LogP contribution in [-0.2, 0) is 14.8 Å². The zero-order valence-corrected chi connectivity index (χ0v) is 12.8. The van der Waals surface area contributed by atoms with Gasteiger partial charge in [0, 0.05) is 19.6 Å². The summed E-state index contributed by atoms with van der Waals surface area (Å²) in [4.78, 5) is 0. The summed E-state index contributed by atoms with van der Waals surface area (Å²) < 4.78 is 32.9. The van der Waals surface area contributed by atoms with Gasteiger partial charge in [-0.2, -0.15) is 4.31 Å². The Kier molecular flexibility index (Phi) is 4.55. The van der Waals surface area contributed by atoms with Crippen LogP contribution in [0.1, 0.15) is 46.0 Å². The molecule has 0 aromatic rings. The van der Waals surface area contributed by atoms with E-state index in [9.17, 15) is 8.42 Å². The molecule has 2 fully saturated rings. The Balaban J connectivity index is 2.14. The third-order valence-corrected chi connectivity index (χ3v) is 6.36. The topological polar surface area (TPSA) is 72.6 Å². The smallest absolute Gasteiger partial charge is 0.217 e. The first-order chi connectivity index (χ1) is 8.85. The zero-order chi connectivity index (χ0) is 14.1. The minimum absolute atomic E-state index is 0.192. The van der Waals surface area contributed by atoms with Crippen LogP contribution in [0.3, 0.4) is 0 Å². The van der Waals surface area contributed by atoms with Gasteiger partial charge >= 0.3 is 0 Å². The Morgan fingerprint density at radius 3 is 2.47 bits per heavy atom. The first-order valence-corrected chi connectivity index (χ1v) is 8.72. The molecule has 6 heteroatoms. The lowest BCUT2D eigenvalue weighted by molar-refractivity contribution is -0.113. The van der Waals surface area contributed by atoms with Gasteiger partial charge < -0.3 is 10.5 Å². The number of nitrogens with two attached hydrogens (primary N) is 1. The van der Waals surface area contributed by atoms with E-state index >= 15 is 0 Å². The van der Waals surface area contributed by atoms with Gasteiger partial charge in [-0.25, -0.2) is 8.42 Å². The van der Waals surface area contributed by atoms with Crippen LogP contribution in [-0.4, -0.2) is 49.3 Å². The summed E-state index contributed by atoms with van der Waals surface area (Å²) >= 11 is 0. The molecule has 5 nitrogen and oxygen atoms in total. The molecule has 1 saturated heterocycles. The predicted molar refractivity (Wildman–Crippen MR) is 75.4 cm³/mol. The van der Waals surface area contributed by atoms with E-state index in [1.54, 1.807) is 4.31 Å². The fourth-order valence-electron chi connectivity index (χ4n) is 3.13. The van der Waals surface area contributed by atoms with Crippen molar-refractivity contribution in [1.29, 1.82) is 0 Å². The normalized spacial score (nSPS) is 30.4. The molecule has 1 atom stereocenters. The first kappa shape index (κ1) is 15.2. The van der Waals surface area contributed by atoms with E-state index in [1.807, 2.05) is 13.8 Å². The minimum atomic E-state index is -3.20. The molecule has 1 unspecified atom stereocenters. The maximum atomic E-state index is 12.7. The van der Waals surface area contributed by atoms with Crippen LogP contribution >= 0.6 is 0 Å². The summed E-state index contributed by atoms with van der Waals surface area (Å²) in [5.74, 6) is 0. The Morgan fingerprint density at radius 2 is 1.89 bits per heavy atom. The lowest BCUT2D eigenvalue weighted by Crippen LogP contribution is -2.57. The van der Waals surface area contributed by atoms with Gasteiger partial charge in [-0.15, -0.1) is 0 Å². The van der Waals surface area contributed by atoms with Gasteiger partial charge in [-0.05, 0) is 26.7 Å². The van der Waals surface area contributed by atoms with Crippen molar-refractivity contribution in [3.8, 4) is 0 Å². The molecule has 2 aliphatic rings. The lowest BCUT2D eigenvalue weighted by atomic mass is 10.0. The van der Waals surface area contributed by atoms with Crippen molar-refractivity contribution >= 4 is 10.0 Å². The standard InChI is InChI=1S/C13H26N2O3S/c1-13(2)10-15(9-11(8-14)18-13)19(16,17)12-6-4-3-5-7-12/h11-12H,3-10,14H2,1-2H3. The highest BCUT2D eigenvalue weighted by atomic mass is 32.2. The summed E-state index contributed by atoms with van der Waals surface area (Å²) in [6.45, 7) is 5.05. The number of rotatable bonds is 3. The SMILES string of the molecule is CC1(C)CN(S(=O)(=O)C2CCCCC2)CC(CN)O1. The van der Waals surface area contributed by atoms with Crippen molar-refractivity contribution < 1.29 is 13.2 Å². The Hall–Kier alpha value is -0.170. The van der Waals surface area contributed by atoms with Crippen molar-refractivity contribution in [3.63, 3.8) is 0 Å². The molecule has 0 aromatic heterocycles. The van der Waals surface area contributed by atoms with Gasteiger partial charge in [0.25, 0.3) is 0 Å². The number of hydrogen-bond donors (Lipinski definition) is 1. The molecular formula is C13H26N2O3S. The van der Waals surface area contributed by atoms with Gasteiger partial charge in [0.05, 0.1) is 17.0 Å². The molecule has 0 radical (unpaired) electrons. The molecule has 19 heavy (non-hydrogen) atoms. The Bertz CT molecular complexity index is 402. The molecule has 2 rings (SSSR count). The molecule has 0 bridgehead atoms. The minimum Gasteiger partial charge on any atom is -0.368 e. The summed E-state index contributed by atoms with van der Waals surface area (Å²) in [6.07, 6.45) is 4.62. The van der Waals surface area contributed by atoms with Gasteiger partial charge in [-0.1, -0.05) is 19.3 Å². The van der Waals surface area contributed by atoms with Crippen LogP contribution in [0.2, 0.25) is 0 Å². The number of sulfonamides is 1. The van der Waals surface area contributed by atoms with Crippen LogP contribution in [0.25, 0.3) is 0 Å². The average Bonchev–Trinajstić information content (AvgIpc) is 2.37. The summed E-state index contributed by atoms with van der Waals surface area (Å²) in [6, 6.07) is 0. The number of nitrogens with zero attached hydrogens (tertiary/aromatic N) is 1. The van der Waals surface area contributed by atoms with Crippen molar-refractivity contribution in [1.82, 2.24) is 4.31 Å². The second-order valence-electron chi connectivity index (χ2n) is 6.33. The second kappa shape index (κ2) is 5.68. The molecule has 0 spiro atoms. The Morgan fingerprint density at radius 1 is 1.26 bits per heavy atom. The first-order valence-electron chi connectivity index (χ1n) is 7.22. The van der Waals surface area contributed by atoms with Gasteiger partial charge in [0.1, 0.15) is 0 Å². The lowest BCUT2D eigenvalue weighted by Gasteiger charge is -2.43. The van der Waals surface area contributed by atoms with Crippen LogP contribution in [0, 0.1) is 0 Å². The van der Waals surface area contributed by atoms with E-state index in [4.69, 9.17) is 10.5 Å². The molecule has 1 aliphatic heterocycles. The number of hydrogen-bond acceptors (Lipinski definition) is 4. The summed E-state index contributed by atoms with van der Waals surface area (Å²) in [5, 5.41) is -0.200. The summed E-state index contributed by atoms with van der Waals surface area (Å²) in [5.41, 5.74) is 5.21.